The van der Waals surface area contributed by atoms with Crippen molar-refractivity contribution >= 4 is 12.5 Å². The first-order valence-electron chi connectivity index (χ1n) is 4.64. The Morgan fingerprint density at radius 1 is 1.71 bits per heavy atom. The standard InChI is InChI=1S/C11H16N2O/c1-5-9-6-7-13(4)11(8(2)14)10(9)12-3/h5,11H,1,3,6-7H2,2,4H3. The minimum absolute atomic E-state index is 0.106. The molecule has 1 aliphatic heterocycles. The molecule has 1 rings (SSSR count). The van der Waals surface area contributed by atoms with Crippen molar-refractivity contribution in [2.24, 2.45) is 4.99 Å². The molecule has 0 saturated heterocycles. The van der Waals surface area contributed by atoms with Crippen molar-refractivity contribution in [3.8, 4) is 0 Å². The van der Waals surface area contributed by atoms with Crippen LogP contribution in [0.3, 0.4) is 0 Å². The molecule has 0 saturated carbocycles. The fourth-order valence-corrected chi connectivity index (χ4v) is 1.84. The van der Waals surface area contributed by atoms with Gasteiger partial charge >= 0.3 is 0 Å². The van der Waals surface area contributed by atoms with Crippen LogP contribution in [0.4, 0.5) is 0 Å². The van der Waals surface area contributed by atoms with Crippen LogP contribution in [0.25, 0.3) is 0 Å². The van der Waals surface area contributed by atoms with Gasteiger partial charge in [0.05, 0.1) is 5.70 Å². The van der Waals surface area contributed by atoms with Gasteiger partial charge in [-0.3, -0.25) is 14.7 Å². The third-order valence-electron chi connectivity index (χ3n) is 2.56. The smallest absolute Gasteiger partial charge is 0.153 e. The van der Waals surface area contributed by atoms with Crippen LogP contribution in [-0.4, -0.2) is 37.0 Å². The molecular weight excluding hydrogens is 176 g/mol. The summed E-state index contributed by atoms with van der Waals surface area (Å²) in [4.78, 5) is 17.4. The molecule has 3 nitrogen and oxygen atoms in total. The molecule has 0 aromatic rings. The molecule has 1 unspecified atom stereocenters. The summed E-state index contributed by atoms with van der Waals surface area (Å²) >= 11 is 0. The predicted molar refractivity (Wildman–Crippen MR) is 58.5 cm³/mol. The molecular formula is C11H16N2O. The highest BCUT2D eigenvalue weighted by atomic mass is 16.1. The molecule has 0 aromatic carbocycles. The van der Waals surface area contributed by atoms with Crippen LogP contribution in [0.5, 0.6) is 0 Å². The highest BCUT2D eigenvalue weighted by Gasteiger charge is 2.29. The van der Waals surface area contributed by atoms with E-state index in [4.69, 9.17) is 0 Å². The molecule has 0 aromatic heterocycles. The number of rotatable bonds is 3. The van der Waals surface area contributed by atoms with Crippen molar-refractivity contribution in [1.29, 1.82) is 0 Å². The third-order valence-corrected chi connectivity index (χ3v) is 2.56. The molecule has 1 aliphatic rings. The number of carbonyl (C=O) groups excluding carboxylic acids is 1. The Morgan fingerprint density at radius 2 is 2.36 bits per heavy atom. The molecule has 0 radical (unpaired) electrons. The number of nitrogens with zero attached hydrogens (tertiary/aromatic N) is 2. The number of hydrogen-bond donors (Lipinski definition) is 0. The lowest BCUT2D eigenvalue weighted by Gasteiger charge is -2.32. The fraction of sp³-hybridized carbons (Fsp3) is 0.455. The summed E-state index contributed by atoms with van der Waals surface area (Å²) in [6, 6.07) is -0.241. The second-order valence-electron chi connectivity index (χ2n) is 3.52. The monoisotopic (exact) mass is 192 g/mol. The van der Waals surface area contributed by atoms with Crippen molar-refractivity contribution in [1.82, 2.24) is 4.90 Å². The van der Waals surface area contributed by atoms with Crippen molar-refractivity contribution < 1.29 is 4.79 Å². The largest absolute Gasteiger partial charge is 0.298 e. The highest BCUT2D eigenvalue weighted by Crippen LogP contribution is 2.24. The van der Waals surface area contributed by atoms with Crippen molar-refractivity contribution in [2.45, 2.75) is 19.4 Å². The molecule has 1 atom stereocenters. The van der Waals surface area contributed by atoms with E-state index in [1.807, 2.05) is 11.9 Å². The minimum Gasteiger partial charge on any atom is -0.298 e. The summed E-state index contributed by atoms with van der Waals surface area (Å²) in [6.07, 6.45) is 2.66. The van der Waals surface area contributed by atoms with E-state index in [1.54, 1.807) is 13.0 Å². The first-order valence-corrected chi connectivity index (χ1v) is 4.64. The van der Waals surface area contributed by atoms with E-state index in [0.717, 1.165) is 24.2 Å². The molecule has 0 N–H and O–H groups in total. The molecule has 1 heterocycles. The number of allylic oxidation sites excluding steroid dienone is 1. The maximum atomic E-state index is 11.4. The second-order valence-corrected chi connectivity index (χ2v) is 3.52. The number of Topliss-reactive ketones (excluding diaryl/α,β-unsaturated/α-hetero) is 1. The zero-order chi connectivity index (χ0) is 10.7. The maximum Gasteiger partial charge on any atom is 0.153 e. The van der Waals surface area contributed by atoms with E-state index in [-0.39, 0.29) is 11.8 Å². The SMILES string of the molecule is C=CC1=C(N=C)C(C(C)=O)N(C)CC1. The van der Waals surface area contributed by atoms with Crippen LogP contribution in [0.1, 0.15) is 13.3 Å². The summed E-state index contributed by atoms with van der Waals surface area (Å²) in [7, 11) is 1.93. The first kappa shape index (κ1) is 10.9. The van der Waals surface area contributed by atoms with Crippen molar-refractivity contribution in [3.05, 3.63) is 23.9 Å². The molecule has 14 heavy (non-hydrogen) atoms. The molecule has 0 bridgehead atoms. The lowest BCUT2D eigenvalue weighted by molar-refractivity contribution is -0.120. The van der Waals surface area contributed by atoms with Crippen molar-refractivity contribution in [3.63, 3.8) is 0 Å². The number of likely N-dealkylation sites (N-methyl/N-ethyl adjacent to an activating group) is 1. The van der Waals surface area contributed by atoms with Crippen LogP contribution in [-0.2, 0) is 4.79 Å². The van der Waals surface area contributed by atoms with E-state index in [1.165, 1.54) is 0 Å². The van der Waals surface area contributed by atoms with Crippen LogP contribution >= 0.6 is 0 Å². The molecule has 0 aliphatic carbocycles. The van der Waals surface area contributed by atoms with Gasteiger partial charge in [0.25, 0.3) is 0 Å². The zero-order valence-electron chi connectivity index (χ0n) is 8.79. The summed E-state index contributed by atoms with van der Waals surface area (Å²) in [6.45, 7) is 9.69. The average molecular weight is 192 g/mol. The second kappa shape index (κ2) is 4.33. The Kier molecular flexibility index (Phi) is 3.36. The van der Waals surface area contributed by atoms with E-state index in [9.17, 15) is 4.79 Å². The molecule has 0 fully saturated rings. The van der Waals surface area contributed by atoms with E-state index in [0.29, 0.717) is 0 Å². The molecule has 3 heteroatoms. The third kappa shape index (κ3) is 1.82. The summed E-state index contributed by atoms with van der Waals surface area (Å²) in [5, 5.41) is 0. The number of ketones is 1. The zero-order valence-corrected chi connectivity index (χ0v) is 8.79. The van der Waals surface area contributed by atoms with Gasteiger partial charge < -0.3 is 0 Å². The fourth-order valence-electron chi connectivity index (χ4n) is 1.84. The van der Waals surface area contributed by atoms with Gasteiger partial charge in [0.2, 0.25) is 0 Å². The van der Waals surface area contributed by atoms with Crippen molar-refractivity contribution in [2.75, 3.05) is 13.6 Å². The van der Waals surface area contributed by atoms with Gasteiger partial charge in [-0.2, -0.15) is 0 Å². The molecule has 76 valence electrons. The summed E-state index contributed by atoms with van der Waals surface area (Å²) in [5.41, 5.74) is 1.81. The lowest BCUT2D eigenvalue weighted by atomic mass is 9.96. The van der Waals surface area contributed by atoms with Gasteiger partial charge in [-0.25, -0.2) is 0 Å². The quantitative estimate of drug-likeness (QED) is 0.633. The van der Waals surface area contributed by atoms with Gasteiger partial charge in [-0.15, -0.1) is 0 Å². The Balaban J connectivity index is 3.15. The summed E-state index contributed by atoms with van der Waals surface area (Å²) in [5.74, 6) is 0.106. The van der Waals surface area contributed by atoms with Gasteiger partial charge in [-0.1, -0.05) is 12.7 Å². The predicted octanol–water partition coefficient (Wildman–Crippen LogP) is 1.42. The number of aliphatic imine (C=N–C) groups is 1. The van der Waals surface area contributed by atoms with Crippen LogP contribution in [0, 0.1) is 0 Å². The summed E-state index contributed by atoms with van der Waals surface area (Å²) < 4.78 is 0. The lowest BCUT2D eigenvalue weighted by Crippen LogP contribution is -2.42. The van der Waals surface area contributed by atoms with E-state index >= 15 is 0 Å². The van der Waals surface area contributed by atoms with Crippen LogP contribution in [0.15, 0.2) is 28.9 Å². The molecule has 0 spiro atoms. The highest BCUT2D eigenvalue weighted by molar-refractivity contribution is 5.85. The normalized spacial score (nSPS) is 23.4. The topological polar surface area (TPSA) is 32.7 Å². The number of carbonyl (C=O) groups is 1. The van der Waals surface area contributed by atoms with E-state index in [2.05, 4.69) is 18.3 Å². The number of hydrogen-bond acceptors (Lipinski definition) is 3. The molecule has 0 amide bonds. The average Bonchev–Trinajstić information content (AvgIpc) is 2.16. The first-order chi connectivity index (χ1) is 6.61. The maximum absolute atomic E-state index is 11.4. The minimum atomic E-state index is -0.241. The Hall–Kier alpha value is -1.22. The Labute approximate surface area is 84.8 Å². The van der Waals surface area contributed by atoms with Crippen LogP contribution in [0.2, 0.25) is 0 Å². The Bertz CT molecular complexity index is 304. The van der Waals surface area contributed by atoms with Gasteiger partial charge in [0, 0.05) is 6.54 Å². The Morgan fingerprint density at radius 3 is 2.79 bits per heavy atom. The van der Waals surface area contributed by atoms with Gasteiger partial charge in [0.15, 0.2) is 5.78 Å². The van der Waals surface area contributed by atoms with Gasteiger partial charge in [0.1, 0.15) is 6.04 Å². The van der Waals surface area contributed by atoms with Crippen LogP contribution < -0.4 is 0 Å². The van der Waals surface area contributed by atoms with E-state index < -0.39 is 0 Å². The van der Waals surface area contributed by atoms with Gasteiger partial charge in [-0.05, 0) is 32.7 Å².